The summed E-state index contributed by atoms with van der Waals surface area (Å²) in [7, 11) is 0. The molecule has 1 aliphatic rings. The van der Waals surface area contributed by atoms with Crippen LogP contribution in [0.1, 0.15) is 44.5 Å². The summed E-state index contributed by atoms with van der Waals surface area (Å²) in [6, 6.07) is 40.5. The third-order valence-corrected chi connectivity index (χ3v) is 8.89. The third-order valence-electron chi connectivity index (χ3n) is 8.89. The van der Waals surface area contributed by atoms with E-state index in [0.717, 1.165) is 78.5 Å². The lowest BCUT2D eigenvalue weighted by Crippen LogP contribution is -2.45. The molecule has 48 heavy (non-hydrogen) atoms. The quantitative estimate of drug-likeness (QED) is 0.251. The third kappa shape index (κ3) is 10.3. The van der Waals surface area contributed by atoms with Crippen LogP contribution < -0.4 is 0 Å². The average molecular weight is 633 g/mol. The van der Waals surface area contributed by atoms with E-state index in [2.05, 4.69) is 92.4 Å². The van der Waals surface area contributed by atoms with E-state index in [1.165, 1.54) is 22.3 Å². The number of hydrogen-bond donors (Lipinski definition) is 0. The highest BCUT2D eigenvalue weighted by Crippen LogP contribution is 2.15. The molecule has 0 radical (unpaired) electrons. The van der Waals surface area contributed by atoms with E-state index in [0.29, 0.717) is 22.3 Å². The molecule has 0 N–H and O–H groups in total. The molecular weight excluding hydrogens is 592 g/mol. The van der Waals surface area contributed by atoms with E-state index >= 15 is 0 Å². The predicted octanol–water partition coefficient (Wildman–Crippen LogP) is 5.50. The van der Waals surface area contributed by atoms with Gasteiger partial charge in [-0.1, -0.05) is 48.5 Å². The maximum atomic E-state index is 9.29. The zero-order valence-corrected chi connectivity index (χ0v) is 27.3. The van der Waals surface area contributed by atoms with Crippen molar-refractivity contribution in [1.82, 2.24) is 19.6 Å². The molecule has 1 aliphatic heterocycles. The summed E-state index contributed by atoms with van der Waals surface area (Å²) in [4.78, 5) is 10.0. The summed E-state index contributed by atoms with van der Waals surface area (Å²) in [6.07, 6.45) is 0. The smallest absolute Gasteiger partial charge is 0.0991 e. The second kappa shape index (κ2) is 17.6. The number of benzene rings is 4. The largest absolute Gasteiger partial charge is 0.297 e. The van der Waals surface area contributed by atoms with Crippen molar-refractivity contribution in [1.29, 1.82) is 21.0 Å². The van der Waals surface area contributed by atoms with Gasteiger partial charge in [-0.15, -0.1) is 0 Å². The molecule has 0 aliphatic carbocycles. The van der Waals surface area contributed by atoms with Crippen LogP contribution >= 0.6 is 0 Å². The van der Waals surface area contributed by atoms with Crippen LogP contribution in [0.15, 0.2) is 97.1 Å². The van der Waals surface area contributed by atoms with Crippen LogP contribution in [0, 0.1) is 45.3 Å². The Morgan fingerprint density at radius 3 is 0.625 bits per heavy atom. The van der Waals surface area contributed by atoms with Crippen molar-refractivity contribution in [2.24, 2.45) is 0 Å². The Kier molecular flexibility index (Phi) is 12.4. The second-order valence-electron chi connectivity index (χ2n) is 12.3. The van der Waals surface area contributed by atoms with Gasteiger partial charge >= 0.3 is 0 Å². The van der Waals surface area contributed by atoms with Crippen molar-refractivity contribution < 1.29 is 0 Å². The molecule has 1 heterocycles. The monoisotopic (exact) mass is 632 g/mol. The van der Waals surface area contributed by atoms with E-state index < -0.39 is 0 Å². The minimum atomic E-state index is 0.667. The summed E-state index contributed by atoms with van der Waals surface area (Å²) in [5, 5.41) is 37.2. The van der Waals surface area contributed by atoms with Gasteiger partial charge in [-0.3, -0.25) is 19.6 Å². The summed E-state index contributed by atoms with van der Waals surface area (Å²) >= 11 is 0. The fraction of sp³-hybridized carbons (Fsp3) is 0.300. The summed E-state index contributed by atoms with van der Waals surface area (Å²) < 4.78 is 0. The molecule has 0 bridgehead atoms. The number of hydrogen-bond acceptors (Lipinski definition) is 8. The normalized spacial score (nSPS) is 15.6. The van der Waals surface area contributed by atoms with Crippen LogP contribution in [0.4, 0.5) is 0 Å². The average Bonchev–Trinajstić information content (AvgIpc) is 3.13. The van der Waals surface area contributed by atoms with Gasteiger partial charge in [0.05, 0.1) is 46.5 Å². The van der Waals surface area contributed by atoms with Crippen LogP contribution in [0.2, 0.25) is 0 Å². The summed E-state index contributed by atoms with van der Waals surface area (Å²) in [5.74, 6) is 0. The standard InChI is InChI=1S/C40H40N8/c41-25-33-1-9-37(10-2-33)29-45-17-19-46(30-38-11-3-34(26-42)4-12-38)21-23-48(32-40-15-7-36(28-44)8-16-40)24-22-47(20-18-45)31-39-13-5-35(27-43)6-14-39/h1-16H,17-24,29-32H2. The molecule has 1 saturated heterocycles. The minimum absolute atomic E-state index is 0.667. The van der Waals surface area contributed by atoms with Crippen molar-refractivity contribution >= 4 is 0 Å². The predicted molar refractivity (Wildman–Crippen MR) is 186 cm³/mol. The molecule has 8 heteroatoms. The van der Waals surface area contributed by atoms with Gasteiger partial charge in [0.15, 0.2) is 0 Å². The topological polar surface area (TPSA) is 108 Å². The lowest BCUT2D eigenvalue weighted by Gasteiger charge is -2.34. The van der Waals surface area contributed by atoms with Crippen molar-refractivity contribution in [3.8, 4) is 24.3 Å². The molecule has 8 nitrogen and oxygen atoms in total. The summed E-state index contributed by atoms with van der Waals surface area (Å²) in [5.41, 5.74) is 7.42. The molecule has 1 fully saturated rings. The Morgan fingerprint density at radius 1 is 0.312 bits per heavy atom. The van der Waals surface area contributed by atoms with Gasteiger partial charge < -0.3 is 0 Å². The van der Waals surface area contributed by atoms with E-state index in [-0.39, 0.29) is 0 Å². The molecule has 240 valence electrons. The van der Waals surface area contributed by atoms with Crippen molar-refractivity contribution in [3.05, 3.63) is 142 Å². The molecule has 0 spiro atoms. The lowest BCUT2D eigenvalue weighted by molar-refractivity contribution is 0.122. The van der Waals surface area contributed by atoms with E-state index in [9.17, 15) is 21.0 Å². The molecule has 0 saturated carbocycles. The van der Waals surface area contributed by atoms with Gasteiger partial charge in [0.25, 0.3) is 0 Å². The minimum Gasteiger partial charge on any atom is -0.297 e. The highest BCUT2D eigenvalue weighted by atomic mass is 15.3. The highest BCUT2D eigenvalue weighted by molar-refractivity contribution is 5.34. The first-order chi connectivity index (χ1) is 23.5. The first-order valence-electron chi connectivity index (χ1n) is 16.4. The Labute approximate surface area is 284 Å². The van der Waals surface area contributed by atoms with E-state index in [1.807, 2.05) is 48.5 Å². The first-order valence-corrected chi connectivity index (χ1v) is 16.4. The van der Waals surface area contributed by atoms with Gasteiger partial charge in [0.2, 0.25) is 0 Å². The van der Waals surface area contributed by atoms with Crippen molar-refractivity contribution in [2.45, 2.75) is 26.2 Å². The second-order valence-corrected chi connectivity index (χ2v) is 12.3. The Morgan fingerprint density at radius 2 is 0.479 bits per heavy atom. The lowest BCUT2D eigenvalue weighted by atomic mass is 10.1. The summed E-state index contributed by atoms with van der Waals surface area (Å²) in [6.45, 7) is 10.3. The fourth-order valence-electron chi connectivity index (χ4n) is 5.98. The van der Waals surface area contributed by atoms with Gasteiger partial charge in [-0.25, -0.2) is 0 Å². The molecule has 4 aromatic rings. The fourth-order valence-corrected chi connectivity index (χ4v) is 5.98. The van der Waals surface area contributed by atoms with Crippen molar-refractivity contribution in [3.63, 3.8) is 0 Å². The first kappa shape index (κ1) is 34.0. The van der Waals surface area contributed by atoms with Crippen LogP contribution in [-0.4, -0.2) is 72.0 Å². The van der Waals surface area contributed by atoms with Gasteiger partial charge in [0.1, 0.15) is 0 Å². The van der Waals surface area contributed by atoms with Crippen LogP contribution in [0.5, 0.6) is 0 Å². The number of nitrogens with zero attached hydrogens (tertiary/aromatic N) is 8. The maximum Gasteiger partial charge on any atom is 0.0991 e. The molecule has 0 unspecified atom stereocenters. The molecule has 4 aromatic carbocycles. The van der Waals surface area contributed by atoms with Gasteiger partial charge in [-0.05, 0) is 70.8 Å². The van der Waals surface area contributed by atoms with E-state index in [1.54, 1.807) is 0 Å². The molecule has 0 amide bonds. The SMILES string of the molecule is N#Cc1ccc(CN2CCN(Cc3ccc(C#N)cc3)CCN(Cc3ccc(C#N)cc3)CCN(Cc3ccc(C#N)cc3)CC2)cc1. The highest BCUT2D eigenvalue weighted by Gasteiger charge is 2.18. The van der Waals surface area contributed by atoms with Crippen LogP contribution in [0.25, 0.3) is 0 Å². The van der Waals surface area contributed by atoms with Gasteiger partial charge in [-0.2, -0.15) is 21.0 Å². The Bertz CT molecular complexity index is 1480. The number of nitriles is 4. The van der Waals surface area contributed by atoms with Crippen molar-refractivity contribution in [2.75, 3.05) is 52.4 Å². The maximum absolute atomic E-state index is 9.29. The van der Waals surface area contributed by atoms with Crippen LogP contribution in [0.3, 0.4) is 0 Å². The molecule has 0 aromatic heterocycles. The number of rotatable bonds is 8. The molecular formula is C40H40N8. The Balaban J connectivity index is 1.37. The zero-order valence-electron chi connectivity index (χ0n) is 27.3. The molecule has 5 rings (SSSR count). The Hall–Kier alpha value is -5.32. The molecule has 0 atom stereocenters. The van der Waals surface area contributed by atoms with Gasteiger partial charge in [0, 0.05) is 78.5 Å². The van der Waals surface area contributed by atoms with E-state index in [4.69, 9.17) is 0 Å². The zero-order chi connectivity index (χ0) is 33.6. The van der Waals surface area contributed by atoms with Crippen LogP contribution in [-0.2, 0) is 26.2 Å².